The summed E-state index contributed by atoms with van der Waals surface area (Å²) in [5.41, 5.74) is 0.0763. The van der Waals surface area contributed by atoms with Gasteiger partial charge in [0.05, 0.1) is 6.20 Å². The molecule has 1 aliphatic heterocycles. The second kappa shape index (κ2) is 5.00. The Bertz CT molecular complexity index is 698. The number of piperazine rings is 1. The van der Waals surface area contributed by atoms with Crippen LogP contribution < -0.4 is 10.9 Å². The highest BCUT2D eigenvalue weighted by Gasteiger charge is 2.18. The number of nitrogens with zero attached hydrogens (tertiary/aromatic N) is 6. The summed E-state index contributed by atoms with van der Waals surface area (Å²) < 4.78 is 2.57. The fourth-order valence-electron chi connectivity index (χ4n) is 2.22. The van der Waals surface area contributed by atoms with Crippen molar-refractivity contribution in [2.75, 3.05) is 26.2 Å². The van der Waals surface area contributed by atoms with Crippen molar-refractivity contribution in [1.29, 1.82) is 0 Å². The maximum absolute atomic E-state index is 12.2. The Kier molecular flexibility index (Phi) is 3.18. The zero-order valence-corrected chi connectivity index (χ0v) is 11.1. The van der Waals surface area contributed by atoms with Crippen LogP contribution in [0.15, 0.2) is 11.0 Å². The lowest BCUT2D eigenvalue weighted by molar-refractivity contribution is -0.132. The molecular formula is C11H15N7O2. The van der Waals surface area contributed by atoms with Crippen LogP contribution in [0.1, 0.15) is 0 Å². The molecule has 3 rings (SSSR count). The Balaban J connectivity index is 1.85. The number of nitrogens with one attached hydrogen (secondary N) is 1. The zero-order chi connectivity index (χ0) is 14.1. The average Bonchev–Trinajstić information content (AvgIpc) is 2.85. The van der Waals surface area contributed by atoms with E-state index >= 15 is 0 Å². The molecule has 106 valence electrons. The number of hydrogen-bond acceptors (Lipinski definition) is 6. The molecule has 1 saturated heterocycles. The summed E-state index contributed by atoms with van der Waals surface area (Å²) in [6.45, 7) is 2.75. The Morgan fingerprint density at radius 3 is 2.90 bits per heavy atom. The third-order valence-electron chi connectivity index (χ3n) is 3.37. The summed E-state index contributed by atoms with van der Waals surface area (Å²) in [7, 11) is 1.69. The van der Waals surface area contributed by atoms with Crippen molar-refractivity contribution in [2.45, 2.75) is 6.54 Å². The Hall–Kier alpha value is -2.29. The molecule has 1 amide bonds. The maximum atomic E-state index is 12.2. The van der Waals surface area contributed by atoms with Gasteiger partial charge in [-0.25, -0.2) is 9.36 Å². The fourth-order valence-corrected chi connectivity index (χ4v) is 2.22. The minimum Gasteiger partial charge on any atom is -0.339 e. The molecule has 0 aromatic carbocycles. The normalized spacial score (nSPS) is 15.8. The van der Waals surface area contributed by atoms with Gasteiger partial charge in [-0.15, -0.1) is 5.10 Å². The quantitative estimate of drug-likeness (QED) is 0.679. The summed E-state index contributed by atoms with van der Waals surface area (Å²) >= 11 is 0. The van der Waals surface area contributed by atoms with Crippen molar-refractivity contribution in [2.24, 2.45) is 7.05 Å². The molecule has 0 atom stereocenters. The van der Waals surface area contributed by atoms with Gasteiger partial charge in [0, 0.05) is 33.2 Å². The number of carbonyl (C=O) groups is 1. The highest BCUT2D eigenvalue weighted by Crippen LogP contribution is 2.02. The van der Waals surface area contributed by atoms with Crippen molar-refractivity contribution in [3.05, 3.63) is 16.6 Å². The number of rotatable bonds is 2. The first-order valence-corrected chi connectivity index (χ1v) is 6.41. The summed E-state index contributed by atoms with van der Waals surface area (Å²) in [6.07, 6.45) is 1.44. The van der Waals surface area contributed by atoms with E-state index in [1.54, 1.807) is 11.9 Å². The second-order valence-electron chi connectivity index (χ2n) is 4.69. The molecule has 1 fully saturated rings. The standard InChI is InChI=1S/C11H15N7O2/c1-16-10-8(6-13-16)11(20)18(15-14-10)7-9(19)17-4-2-12-3-5-17/h6,12H,2-5,7H2,1H3. The van der Waals surface area contributed by atoms with Crippen LogP contribution in [0.2, 0.25) is 0 Å². The Labute approximate surface area is 114 Å². The monoisotopic (exact) mass is 277 g/mol. The zero-order valence-electron chi connectivity index (χ0n) is 11.1. The molecule has 0 radical (unpaired) electrons. The summed E-state index contributed by atoms with van der Waals surface area (Å²) in [4.78, 5) is 26.0. The first-order valence-electron chi connectivity index (χ1n) is 6.41. The van der Waals surface area contributed by atoms with Crippen LogP contribution >= 0.6 is 0 Å². The molecule has 1 N–H and O–H groups in total. The number of carbonyl (C=O) groups excluding carboxylic acids is 1. The maximum Gasteiger partial charge on any atom is 0.281 e. The first kappa shape index (κ1) is 12.7. The third-order valence-corrected chi connectivity index (χ3v) is 3.37. The van der Waals surface area contributed by atoms with E-state index in [0.717, 1.165) is 17.8 Å². The van der Waals surface area contributed by atoms with E-state index in [9.17, 15) is 9.59 Å². The number of aryl methyl sites for hydroxylation is 1. The van der Waals surface area contributed by atoms with Gasteiger partial charge in [-0.05, 0) is 0 Å². The molecule has 0 unspecified atom stereocenters. The van der Waals surface area contributed by atoms with Crippen LogP contribution in [0.3, 0.4) is 0 Å². The SMILES string of the molecule is Cn1ncc2c(=O)n(CC(=O)N3CCNCC3)nnc21. The van der Waals surface area contributed by atoms with Crippen molar-refractivity contribution >= 4 is 16.9 Å². The topological polar surface area (TPSA) is 97.9 Å². The van der Waals surface area contributed by atoms with Crippen molar-refractivity contribution in [3.63, 3.8) is 0 Å². The van der Waals surface area contributed by atoms with Gasteiger partial charge in [-0.3, -0.25) is 9.59 Å². The molecule has 1 aliphatic rings. The molecule has 2 aromatic heterocycles. The summed E-state index contributed by atoms with van der Waals surface area (Å²) in [5, 5.41) is 15.2. The minimum atomic E-state index is -0.341. The van der Waals surface area contributed by atoms with Gasteiger partial charge < -0.3 is 10.2 Å². The average molecular weight is 277 g/mol. The molecule has 0 spiro atoms. The predicted octanol–water partition coefficient (Wildman–Crippen LogP) is -2.04. The van der Waals surface area contributed by atoms with E-state index in [-0.39, 0.29) is 18.0 Å². The summed E-state index contributed by atoms with van der Waals surface area (Å²) in [5.74, 6) is -0.119. The van der Waals surface area contributed by atoms with Crippen LogP contribution in [0.25, 0.3) is 11.0 Å². The molecule has 2 aromatic rings. The van der Waals surface area contributed by atoms with Gasteiger partial charge in [-0.1, -0.05) is 5.21 Å². The van der Waals surface area contributed by atoms with Crippen LogP contribution in [-0.2, 0) is 18.4 Å². The smallest absolute Gasteiger partial charge is 0.281 e. The lowest BCUT2D eigenvalue weighted by Crippen LogP contribution is -2.48. The molecule has 0 bridgehead atoms. The fraction of sp³-hybridized carbons (Fsp3) is 0.545. The van der Waals surface area contributed by atoms with Crippen LogP contribution in [0.4, 0.5) is 0 Å². The molecular weight excluding hydrogens is 262 g/mol. The molecule has 0 saturated carbocycles. The third kappa shape index (κ3) is 2.16. The van der Waals surface area contributed by atoms with Gasteiger partial charge in [0.1, 0.15) is 11.9 Å². The van der Waals surface area contributed by atoms with Crippen LogP contribution in [-0.4, -0.2) is 61.8 Å². The van der Waals surface area contributed by atoms with Crippen LogP contribution in [0.5, 0.6) is 0 Å². The van der Waals surface area contributed by atoms with Crippen molar-refractivity contribution in [1.82, 2.24) is 35.0 Å². The Morgan fingerprint density at radius 2 is 2.15 bits per heavy atom. The highest BCUT2D eigenvalue weighted by atomic mass is 16.2. The number of hydrogen-bond donors (Lipinski definition) is 1. The Morgan fingerprint density at radius 1 is 1.40 bits per heavy atom. The van der Waals surface area contributed by atoms with E-state index in [4.69, 9.17) is 0 Å². The lowest BCUT2D eigenvalue weighted by atomic mass is 10.3. The number of aromatic nitrogens is 5. The van der Waals surface area contributed by atoms with Crippen molar-refractivity contribution in [3.8, 4) is 0 Å². The molecule has 9 heteroatoms. The van der Waals surface area contributed by atoms with Crippen molar-refractivity contribution < 1.29 is 4.79 Å². The van der Waals surface area contributed by atoms with E-state index in [0.29, 0.717) is 24.1 Å². The molecule has 20 heavy (non-hydrogen) atoms. The van der Waals surface area contributed by atoms with E-state index in [1.165, 1.54) is 10.9 Å². The van der Waals surface area contributed by atoms with Gasteiger partial charge in [0.25, 0.3) is 5.56 Å². The second-order valence-corrected chi connectivity index (χ2v) is 4.69. The first-order chi connectivity index (χ1) is 9.66. The number of fused-ring (bicyclic) bond motifs is 1. The lowest BCUT2D eigenvalue weighted by Gasteiger charge is -2.27. The summed E-state index contributed by atoms with van der Waals surface area (Å²) in [6, 6.07) is 0. The minimum absolute atomic E-state index is 0.0866. The van der Waals surface area contributed by atoms with E-state index < -0.39 is 0 Å². The van der Waals surface area contributed by atoms with E-state index in [1.807, 2.05) is 0 Å². The largest absolute Gasteiger partial charge is 0.339 e. The van der Waals surface area contributed by atoms with Gasteiger partial charge in [0.2, 0.25) is 5.91 Å². The number of amides is 1. The van der Waals surface area contributed by atoms with Gasteiger partial charge in [0.15, 0.2) is 5.65 Å². The van der Waals surface area contributed by atoms with Gasteiger partial charge >= 0.3 is 0 Å². The van der Waals surface area contributed by atoms with E-state index in [2.05, 4.69) is 20.7 Å². The highest BCUT2D eigenvalue weighted by molar-refractivity contribution is 5.77. The molecule has 0 aliphatic carbocycles. The molecule has 9 nitrogen and oxygen atoms in total. The predicted molar refractivity (Wildman–Crippen MR) is 70.0 cm³/mol. The van der Waals surface area contributed by atoms with Crippen LogP contribution in [0, 0.1) is 0 Å². The van der Waals surface area contributed by atoms with Gasteiger partial charge in [-0.2, -0.15) is 5.10 Å². The molecule has 3 heterocycles.